The number of carbonyl (C=O) groups excluding carboxylic acids is 1. The number of alkyl halides is 6. The maximum atomic E-state index is 12.7. The van der Waals surface area contributed by atoms with Crippen LogP contribution in [0.1, 0.15) is 22.7 Å². The lowest BCUT2D eigenvalue weighted by molar-refractivity contribution is -0.159. The van der Waals surface area contributed by atoms with Gasteiger partial charge in [-0.25, -0.2) is 0 Å². The number of hydrogen-bond donors (Lipinski definition) is 0. The number of halogens is 6. The fourth-order valence-corrected chi connectivity index (χ4v) is 2.47. The number of benzene rings is 1. The Morgan fingerprint density at radius 1 is 0.931 bits per heavy atom. The standard InChI is InChI=1S/C18H11F6N3O2/c19-17(20,21)12-5-6-25-13(8-12)9-14(28)7-10-1-3-11(4-2-10)15-26-16(29-27-15)18(22,23)24/h1-6,8H,7,9H2. The zero-order chi connectivity index (χ0) is 21.2. The predicted molar refractivity (Wildman–Crippen MR) is 86.4 cm³/mol. The normalized spacial score (nSPS) is 12.2. The highest BCUT2D eigenvalue weighted by atomic mass is 19.4. The maximum Gasteiger partial charge on any atom is 0.471 e. The minimum Gasteiger partial charge on any atom is -0.329 e. The summed E-state index contributed by atoms with van der Waals surface area (Å²) in [7, 11) is 0. The minimum atomic E-state index is -4.75. The molecule has 2 heterocycles. The van der Waals surface area contributed by atoms with E-state index in [1.165, 1.54) is 24.3 Å². The second kappa shape index (κ2) is 7.64. The zero-order valence-corrected chi connectivity index (χ0v) is 14.4. The molecule has 11 heteroatoms. The highest BCUT2D eigenvalue weighted by Crippen LogP contribution is 2.30. The minimum absolute atomic E-state index is 0.00655. The van der Waals surface area contributed by atoms with Crippen LogP contribution in [0.4, 0.5) is 26.3 Å². The highest BCUT2D eigenvalue weighted by molar-refractivity contribution is 5.82. The molecule has 0 fully saturated rings. The molecule has 29 heavy (non-hydrogen) atoms. The molecule has 3 aromatic rings. The fourth-order valence-electron chi connectivity index (χ4n) is 2.47. The number of hydrogen-bond acceptors (Lipinski definition) is 5. The van der Waals surface area contributed by atoms with Gasteiger partial charge < -0.3 is 4.52 Å². The van der Waals surface area contributed by atoms with E-state index >= 15 is 0 Å². The van der Waals surface area contributed by atoms with Crippen molar-refractivity contribution >= 4 is 5.78 Å². The highest BCUT2D eigenvalue weighted by Gasteiger charge is 2.38. The van der Waals surface area contributed by atoms with Gasteiger partial charge in [-0.2, -0.15) is 31.3 Å². The Labute approximate surface area is 159 Å². The van der Waals surface area contributed by atoms with Crippen molar-refractivity contribution in [2.75, 3.05) is 0 Å². The van der Waals surface area contributed by atoms with E-state index < -0.39 is 23.8 Å². The van der Waals surface area contributed by atoms with Crippen LogP contribution in [0, 0.1) is 0 Å². The number of aromatic nitrogens is 3. The first-order valence-electron chi connectivity index (χ1n) is 8.06. The molecule has 1 aromatic carbocycles. The molecule has 0 unspecified atom stereocenters. The molecule has 0 saturated heterocycles. The van der Waals surface area contributed by atoms with Crippen molar-refractivity contribution in [3.63, 3.8) is 0 Å². The average Bonchev–Trinajstić information content (AvgIpc) is 3.12. The fraction of sp³-hybridized carbons (Fsp3) is 0.222. The van der Waals surface area contributed by atoms with Crippen LogP contribution in [0.3, 0.4) is 0 Å². The van der Waals surface area contributed by atoms with Crippen LogP contribution >= 0.6 is 0 Å². The summed E-state index contributed by atoms with van der Waals surface area (Å²) in [5.41, 5.74) is -0.129. The van der Waals surface area contributed by atoms with Crippen molar-refractivity contribution in [2.24, 2.45) is 0 Å². The molecule has 5 nitrogen and oxygen atoms in total. The van der Waals surface area contributed by atoms with Gasteiger partial charge in [-0.15, -0.1) is 0 Å². The van der Waals surface area contributed by atoms with Crippen LogP contribution < -0.4 is 0 Å². The third kappa shape index (κ3) is 5.18. The zero-order valence-electron chi connectivity index (χ0n) is 14.4. The topological polar surface area (TPSA) is 68.9 Å². The number of pyridine rings is 1. The summed E-state index contributed by atoms with van der Waals surface area (Å²) in [5.74, 6) is -2.10. The van der Waals surface area contributed by atoms with E-state index in [0.29, 0.717) is 5.56 Å². The number of carbonyl (C=O) groups is 1. The lowest BCUT2D eigenvalue weighted by Gasteiger charge is -2.08. The summed E-state index contributed by atoms with van der Waals surface area (Å²) < 4.78 is 79.7. The molecule has 152 valence electrons. The summed E-state index contributed by atoms with van der Waals surface area (Å²) >= 11 is 0. The number of ketones is 1. The Hall–Kier alpha value is -3.24. The Morgan fingerprint density at radius 2 is 1.62 bits per heavy atom. The van der Waals surface area contributed by atoms with E-state index in [9.17, 15) is 31.1 Å². The molecule has 0 aliphatic heterocycles. The summed E-state index contributed by atoms with van der Waals surface area (Å²) in [6.07, 6.45) is -8.67. The van der Waals surface area contributed by atoms with Gasteiger partial charge in [0.25, 0.3) is 0 Å². The largest absolute Gasteiger partial charge is 0.471 e. The number of nitrogens with zero attached hydrogens (tertiary/aromatic N) is 3. The van der Waals surface area contributed by atoms with E-state index in [4.69, 9.17) is 0 Å². The van der Waals surface area contributed by atoms with E-state index in [-0.39, 0.29) is 35.7 Å². The van der Waals surface area contributed by atoms with Crippen LogP contribution in [-0.4, -0.2) is 20.9 Å². The summed E-state index contributed by atoms with van der Waals surface area (Å²) in [6.45, 7) is 0. The molecule has 0 N–H and O–H groups in total. The lowest BCUT2D eigenvalue weighted by atomic mass is 10.0. The smallest absolute Gasteiger partial charge is 0.329 e. The van der Waals surface area contributed by atoms with Gasteiger partial charge in [0.05, 0.1) is 5.56 Å². The third-order valence-electron chi connectivity index (χ3n) is 3.80. The molecule has 2 aromatic heterocycles. The molecular weight excluding hydrogens is 404 g/mol. The van der Waals surface area contributed by atoms with Crippen LogP contribution in [0.5, 0.6) is 0 Å². The van der Waals surface area contributed by atoms with Crippen LogP contribution in [0.2, 0.25) is 0 Å². The molecule has 0 radical (unpaired) electrons. The van der Waals surface area contributed by atoms with E-state index in [1.54, 1.807) is 0 Å². The third-order valence-corrected chi connectivity index (χ3v) is 3.80. The molecule has 0 aliphatic rings. The van der Waals surface area contributed by atoms with Crippen LogP contribution in [0.25, 0.3) is 11.4 Å². The van der Waals surface area contributed by atoms with Crippen molar-refractivity contribution < 1.29 is 35.7 Å². The second-order valence-corrected chi connectivity index (χ2v) is 6.04. The molecule has 0 bridgehead atoms. The molecule has 0 spiro atoms. The molecule has 0 amide bonds. The van der Waals surface area contributed by atoms with Gasteiger partial charge in [0.15, 0.2) is 0 Å². The van der Waals surface area contributed by atoms with Crippen LogP contribution in [0.15, 0.2) is 47.1 Å². The second-order valence-electron chi connectivity index (χ2n) is 6.04. The number of Topliss-reactive ketones (excluding diaryl/α,β-unsaturated/α-hetero) is 1. The van der Waals surface area contributed by atoms with Crippen molar-refractivity contribution in [2.45, 2.75) is 25.2 Å². The summed E-state index contributed by atoms with van der Waals surface area (Å²) in [4.78, 5) is 19.2. The van der Waals surface area contributed by atoms with Gasteiger partial charge in [0, 0.05) is 30.3 Å². The number of rotatable bonds is 5. The van der Waals surface area contributed by atoms with Crippen LogP contribution in [-0.2, 0) is 30.0 Å². The van der Waals surface area contributed by atoms with Crippen molar-refractivity contribution in [3.05, 3.63) is 65.3 Å². The van der Waals surface area contributed by atoms with Gasteiger partial charge in [-0.1, -0.05) is 29.4 Å². The van der Waals surface area contributed by atoms with E-state index in [0.717, 1.165) is 18.3 Å². The first-order valence-corrected chi connectivity index (χ1v) is 8.06. The molecule has 0 saturated carbocycles. The molecule has 0 atom stereocenters. The van der Waals surface area contributed by atoms with Gasteiger partial charge in [0.1, 0.15) is 5.78 Å². The van der Waals surface area contributed by atoms with Crippen molar-refractivity contribution in [1.82, 2.24) is 15.1 Å². The Bertz CT molecular complexity index is 1010. The monoisotopic (exact) mass is 415 g/mol. The Morgan fingerprint density at radius 3 is 2.21 bits per heavy atom. The molecular formula is C18H11F6N3O2. The van der Waals surface area contributed by atoms with E-state index in [2.05, 4.69) is 19.6 Å². The molecule has 3 rings (SSSR count). The van der Waals surface area contributed by atoms with Crippen molar-refractivity contribution in [3.8, 4) is 11.4 Å². The van der Waals surface area contributed by atoms with Gasteiger partial charge in [0.2, 0.25) is 5.82 Å². The predicted octanol–water partition coefficient (Wildman–Crippen LogP) is 4.52. The van der Waals surface area contributed by atoms with E-state index in [1.807, 2.05) is 0 Å². The summed E-state index contributed by atoms with van der Waals surface area (Å²) in [6, 6.07) is 7.42. The maximum absolute atomic E-state index is 12.7. The first kappa shape index (κ1) is 20.5. The Balaban J connectivity index is 1.65. The molecule has 0 aliphatic carbocycles. The SMILES string of the molecule is O=C(Cc1ccc(-c2noc(C(F)(F)F)n2)cc1)Cc1cc(C(F)(F)F)ccn1. The van der Waals surface area contributed by atoms with Gasteiger partial charge in [-0.05, 0) is 17.7 Å². The average molecular weight is 415 g/mol. The first-order chi connectivity index (χ1) is 13.5. The lowest BCUT2D eigenvalue weighted by Crippen LogP contribution is -2.10. The van der Waals surface area contributed by atoms with Gasteiger partial charge in [-0.3, -0.25) is 9.78 Å². The van der Waals surface area contributed by atoms with Crippen molar-refractivity contribution in [1.29, 1.82) is 0 Å². The van der Waals surface area contributed by atoms with Gasteiger partial charge >= 0.3 is 18.2 Å². The Kier molecular flexibility index (Phi) is 5.40. The summed E-state index contributed by atoms with van der Waals surface area (Å²) in [5, 5.41) is 3.25. The quantitative estimate of drug-likeness (QED) is 0.573.